The molecule has 0 bridgehead atoms. The van der Waals surface area contributed by atoms with Crippen molar-refractivity contribution >= 4 is 0 Å². The van der Waals surface area contributed by atoms with Crippen molar-refractivity contribution in [2.75, 3.05) is 0 Å². The lowest BCUT2D eigenvalue weighted by Gasteiger charge is -2.11. The first kappa shape index (κ1) is 9.91. The normalized spacial score (nSPS) is 10.3. The summed E-state index contributed by atoms with van der Waals surface area (Å²) in [6.45, 7) is 6.33. The molecule has 0 amide bonds. The van der Waals surface area contributed by atoms with E-state index in [1.54, 1.807) is 0 Å². The van der Waals surface area contributed by atoms with E-state index >= 15 is 0 Å². The first-order valence-corrected chi connectivity index (χ1v) is 5.18. The van der Waals surface area contributed by atoms with Crippen LogP contribution in [0.5, 0.6) is 0 Å². The molecule has 0 unspecified atom stereocenters. The van der Waals surface area contributed by atoms with Gasteiger partial charge >= 0.3 is 0 Å². The van der Waals surface area contributed by atoms with E-state index in [0.717, 1.165) is 5.69 Å². The van der Waals surface area contributed by atoms with Gasteiger partial charge in [0.25, 0.3) is 0 Å². The molecule has 0 saturated carbocycles. The van der Waals surface area contributed by atoms with Gasteiger partial charge in [-0.3, -0.25) is 4.98 Å². The number of hydrogen-bond donors (Lipinski definition) is 0. The van der Waals surface area contributed by atoms with E-state index in [1.807, 2.05) is 12.3 Å². The summed E-state index contributed by atoms with van der Waals surface area (Å²) in [5, 5.41) is 0. The van der Waals surface area contributed by atoms with Crippen molar-refractivity contribution in [2.24, 2.45) is 0 Å². The minimum Gasteiger partial charge on any atom is -0.261 e. The summed E-state index contributed by atoms with van der Waals surface area (Å²) in [6.07, 6.45) is 1.94. The predicted octanol–water partition coefficient (Wildman–Crippen LogP) is 3.67. The fraction of sp³-hybridized carbons (Fsp3) is 0.214. The van der Waals surface area contributed by atoms with Gasteiger partial charge in [0.2, 0.25) is 0 Å². The van der Waals surface area contributed by atoms with Crippen LogP contribution in [0.4, 0.5) is 0 Å². The third-order valence-corrected chi connectivity index (χ3v) is 2.84. The molecular formula is C14H15N. The highest BCUT2D eigenvalue weighted by molar-refractivity contribution is 5.70. The molecule has 0 aliphatic heterocycles. The van der Waals surface area contributed by atoms with Gasteiger partial charge in [0.1, 0.15) is 0 Å². The third kappa shape index (κ3) is 1.78. The van der Waals surface area contributed by atoms with E-state index in [1.165, 1.54) is 22.3 Å². The molecule has 2 rings (SSSR count). The second kappa shape index (κ2) is 3.85. The summed E-state index contributed by atoms with van der Waals surface area (Å²) in [7, 11) is 0. The maximum atomic E-state index is 4.42. The number of aromatic nitrogens is 1. The largest absolute Gasteiger partial charge is 0.261 e. The standard InChI is InChI=1S/C14H15N/c1-10-9-15-12(3)14(11(10)2)13-7-5-4-6-8-13/h4-9H,1-3H3. The van der Waals surface area contributed by atoms with Crippen molar-refractivity contribution in [3.05, 3.63) is 53.3 Å². The van der Waals surface area contributed by atoms with Crippen LogP contribution in [-0.2, 0) is 0 Å². The Labute approximate surface area is 90.8 Å². The van der Waals surface area contributed by atoms with E-state index in [0.29, 0.717) is 0 Å². The molecule has 0 fully saturated rings. The highest BCUT2D eigenvalue weighted by atomic mass is 14.7. The lowest BCUT2D eigenvalue weighted by Crippen LogP contribution is -1.94. The Morgan fingerprint density at radius 2 is 1.60 bits per heavy atom. The molecule has 0 aliphatic rings. The lowest BCUT2D eigenvalue weighted by molar-refractivity contribution is 1.14. The monoisotopic (exact) mass is 197 g/mol. The Balaban J connectivity index is 2.68. The SMILES string of the molecule is Cc1cnc(C)c(-c2ccccc2)c1C. The molecular weight excluding hydrogens is 182 g/mol. The van der Waals surface area contributed by atoms with Gasteiger partial charge in [0.05, 0.1) is 0 Å². The molecule has 0 spiro atoms. The van der Waals surface area contributed by atoms with Crippen molar-refractivity contribution in [1.82, 2.24) is 4.98 Å². The molecule has 76 valence electrons. The molecule has 1 nitrogen and oxygen atoms in total. The molecule has 0 atom stereocenters. The average molecular weight is 197 g/mol. The van der Waals surface area contributed by atoms with Crippen LogP contribution in [0.25, 0.3) is 11.1 Å². The zero-order valence-electron chi connectivity index (χ0n) is 9.41. The van der Waals surface area contributed by atoms with Crippen molar-refractivity contribution < 1.29 is 0 Å². The fourth-order valence-corrected chi connectivity index (χ4v) is 1.85. The molecule has 2 aromatic rings. The van der Waals surface area contributed by atoms with E-state index in [2.05, 4.69) is 50.0 Å². The van der Waals surface area contributed by atoms with Gasteiger partial charge in [-0.25, -0.2) is 0 Å². The van der Waals surface area contributed by atoms with Crippen LogP contribution in [0, 0.1) is 20.8 Å². The number of pyridine rings is 1. The molecule has 1 heteroatoms. The van der Waals surface area contributed by atoms with Crippen LogP contribution in [0.15, 0.2) is 36.5 Å². The summed E-state index contributed by atoms with van der Waals surface area (Å²) in [5.41, 5.74) is 6.21. The number of benzene rings is 1. The summed E-state index contributed by atoms with van der Waals surface area (Å²) >= 11 is 0. The predicted molar refractivity (Wildman–Crippen MR) is 63.9 cm³/mol. The first-order valence-electron chi connectivity index (χ1n) is 5.18. The molecule has 0 N–H and O–H groups in total. The van der Waals surface area contributed by atoms with Gasteiger partial charge in [-0.15, -0.1) is 0 Å². The Morgan fingerprint density at radius 3 is 2.27 bits per heavy atom. The Morgan fingerprint density at radius 1 is 0.933 bits per heavy atom. The second-order valence-corrected chi connectivity index (χ2v) is 3.89. The van der Waals surface area contributed by atoms with Gasteiger partial charge in [-0.05, 0) is 37.5 Å². The number of rotatable bonds is 1. The third-order valence-electron chi connectivity index (χ3n) is 2.84. The minimum atomic E-state index is 1.10. The average Bonchev–Trinajstić information content (AvgIpc) is 2.26. The van der Waals surface area contributed by atoms with Gasteiger partial charge in [0.15, 0.2) is 0 Å². The zero-order chi connectivity index (χ0) is 10.8. The Hall–Kier alpha value is -1.63. The van der Waals surface area contributed by atoms with Crippen molar-refractivity contribution in [1.29, 1.82) is 0 Å². The quantitative estimate of drug-likeness (QED) is 0.679. The molecule has 15 heavy (non-hydrogen) atoms. The smallest absolute Gasteiger partial charge is 0.0453 e. The summed E-state index contributed by atoms with van der Waals surface area (Å²) in [4.78, 5) is 4.42. The van der Waals surface area contributed by atoms with E-state index in [9.17, 15) is 0 Å². The fourth-order valence-electron chi connectivity index (χ4n) is 1.85. The van der Waals surface area contributed by atoms with E-state index < -0.39 is 0 Å². The van der Waals surface area contributed by atoms with Crippen LogP contribution in [0.2, 0.25) is 0 Å². The van der Waals surface area contributed by atoms with Crippen LogP contribution in [0.3, 0.4) is 0 Å². The van der Waals surface area contributed by atoms with E-state index in [4.69, 9.17) is 0 Å². The molecule has 0 aliphatic carbocycles. The van der Waals surface area contributed by atoms with Crippen LogP contribution < -0.4 is 0 Å². The van der Waals surface area contributed by atoms with Crippen molar-refractivity contribution in [3.63, 3.8) is 0 Å². The topological polar surface area (TPSA) is 12.9 Å². The molecule has 1 aromatic carbocycles. The molecule has 1 heterocycles. The van der Waals surface area contributed by atoms with Gasteiger partial charge < -0.3 is 0 Å². The van der Waals surface area contributed by atoms with Crippen LogP contribution in [-0.4, -0.2) is 4.98 Å². The minimum absolute atomic E-state index is 1.10. The number of aryl methyl sites for hydroxylation is 2. The first-order chi connectivity index (χ1) is 7.20. The number of hydrogen-bond acceptors (Lipinski definition) is 1. The number of nitrogens with zero attached hydrogens (tertiary/aromatic N) is 1. The Bertz CT molecular complexity index is 472. The van der Waals surface area contributed by atoms with Gasteiger partial charge in [0, 0.05) is 17.5 Å². The van der Waals surface area contributed by atoms with Crippen molar-refractivity contribution in [3.8, 4) is 11.1 Å². The van der Waals surface area contributed by atoms with Crippen LogP contribution in [0.1, 0.15) is 16.8 Å². The second-order valence-electron chi connectivity index (χ2n) is 3.89. The summed E-state index contributed by atoms with van der Waals surface area (Å²) in [5.74, 6) is 0. The Kier molecular flexibility index (Phi) is 2.55. The maximum Gasteiger partial charge on any atom is 0.0453 e. The zero-order valence-corrected chi connectivity index (χ0v) is 9.41. The van der Waals surface area contributed by atoms with Gasteiger partial charge in [-0.2, -0.15) is 0 Å². The van der Waals surface area contributed by atoms with E-state index in [-0.39, 0.29) is 0 Å². The molecule has 1 aromatic heterocycles. The van der Waals surface area contributed by atoms with Gasteiger partial charge in [-0.1, -0.05) is 30.3 Å². The summed E-state index contributed by atoms with van der Waals surface area (Å²) < 4.78 is 0. The van der Waals surface area contributed by atoms with Crippen molar-refractivity contribution in [2.45, 2.75) is 20.8 Å². The highest BCUT2D eigenvalue weighted by Gasteiger charge is 2.07. The molecule has 0 radical (unpaired) electrons. The molecule has 0 saturated heterocycles. The van der Waals surface area contributed by atoms with Crippen LogP contribution >= 0.6 is 0 Å². The summed E-state index contributed by atoms with van der Waals surface area (Å²) in [6, 6.07) is 10.4. The lowest BCUT2D eigenvalue weighted by atomic mass is 9.97. The maximum absolute atomic E-state index is 4.42. The highest BCUT2D eigenvalue weighted by Crippen LogP contribution is 2.27.